The second-order valence-corrected chi connectivity index (χ2v) is 10.1. The van der Waals surface area contributed by atoms with Crippen molar-refractivity contribution < 1.29 is 14.5 Å². The lowest BCUT2D eigenvalue weighted by Crippen LogP contribution is -2.36. The predicted octanol–water partition coefficient (Wildman–Crippen LogP) is 5.01. The number of hydrogen-bond donors (Lipinski definition) is 1. The first-order chi connectivity index (χ1) is 14.6. The summed E-state index contributed by atoms with van der Waals surface area (Å²) >= 11 is 3.75. The fraction of sp³-hybridized carbons (Fsp3) is 0.417. The lowest BCUT2D eigenvalue weighted by Gasteiger charge is -2.26. The van der Waals surface area contributed by atoms with Crippen molar-refractivity contribution in [1.82, 2.24) is 4.90 Å². The molecular formula is C24H29N2O2S2+. The topological polar surface area (TPSA) is 44.4 Å². The average Bonchev–Trinajstić information content (AvgIpc) is 3.28. The van der Waals surface area contributed by atoms with Gasteiger partial charge in [-0.1, -0.05) is 65.6 Å². The van der Waals surface area contributed by atoms with Gasteiger partial charge >= 0.3 is 5.97 Å². The van der Waals surface area contributed by atoms with E-state index in [-0.39, 0.29) is 12.3 Å². The third-order valence-corrected chi connectivity index (χ3v) is 8.35. The molecule has 2 aliphatic rings. The Bertz CT molecular complexity index is 1010. The summed E-state index contributed by atoms with van der Waals surface area (Å²) in [4.78, 5) is 13.8. The van der Waals surface area contributed by atoms with Crippen LogP contribution in [0.25, 0.3) is 10.2 Å². The maximum Gasteiger partial charge on any atom is 0.303 e. The van der Waals surface area contributed by atoms with Gasteiger partial charge in [-0.2, -0.15) is 4.57 Å². The van der Waals surface area contributed by atoms with Crippen LogP contribution in [0, 0.1) is 5.92 Å². The first kappa shape index (κ1) is 21.2. The van der Waals surface area contributed by atoms with Crippen molar-refractivity contribution >= 4 is 39.3 Å². The van der Waals surface area contributed by atoms with Gasteiger partial charge in [-0.15, -0.1) is 0 Å². The lowest BCUT2D eigenvalue weighted by molar-refractivity contribution is -0.671. The van der Waals surface area contributed by atoms with Crippen LogP contribution in [0.5, 0.6) is 0 Å². The number of allylic oxidation sites excluding steroid dienone is 3. The van der Waals surface area contributed by atoms with Crippen molar-refractivity contribution in [3.05, 3.63) is 64.7 Å². The molecule has 2 heterocycles. The number of thioether (sulfide) groups is 1. The van der Waals surface area contributed by atoms with E-state index >= 15 is 0 Å². The van der Waals surface area contributed by atoms with Crippen LogP contribution >= 0.6 is 23.1 Å². The highest BCUT2D eigenvalue weighted by molar-refractivity contribution is 8.04. The molecule has 1 saturated heterocycles. The molecule has 4 rings (SSSR count). The number of nitrogens with zero attached hydrogens (tertiary/aromatic N) is 2. The fourth-order valence-electron chi connectivity index (χ4n) is 4.38. The van der Waals surface area contributed by atoms with Crippen molar-refractivity contribution in [3.8, 4) is 0 Å². The number of carboxylic acids is 1. The molecule has 1 aliphatic heterocycles. The number of benzene rings is 1. The van der Waals surface area contributed by atoms with E-state index in [9.17, 15) is 9.90 Å². The molecule has 30 heavy (non-hydrogen) atoms. The number of aromatic nitrogens is 1. The van der Waals surface area contributed by atoms with Gasteiger partial charge in [-0.25, -0.2) is 0 Å². The molecule has 0 amide bonds. The molecule has 1 aliphatic carbocycles. The summed E-state index contributed by atoms with van der Waals surface area (Å²) in [5.41, 5.74) is 1.27. The van der Waals surface area contributed by atoms with Gasteiger partial charge in [0.2, 0.25) is 10.5 Å². The fourth-order valence-corrected chi connectivity index (χ4v) is 7.18. The van der Waals surface area contributed by atoms with Crippen molar-refractivity contribution in [3.63, 3.8) is 0 Å². The van der Waals surface area contributed by atoms with Crippen molar-refractivity contribution in [1.29, 1.82) is 0 Å². The molecule has 6 heteroatoms. The number of carboxylic acid groups (broad SMARTS) is 1. The summed E-state index contributed by atoms with van der Waals surface area (Å²) in [5, 5.41) is 12.4. The number of thiazole rings is 1. The van der Waals surface area contributed by atoms with Crippen molar-refractivity contribution in [2.45, 2.75) is 50.9 Å². The van der Waals surface area contributed by atoms with Gasteiger partial charge < -0.3 is 10.0 Å². The number of fused-ring (bicyclic) bond motifs is 2. The summed E-state index contributed by atoms with van der Waals surface area (Å²) in [6.45, 7) is 6.27. The number of hydrogen-bond acceptors (Lipinski definition) is 4. The number of likely N-dealkylation sites (N-methyl/N-ethyl adjacent to an activating group) is 1. The maximum atomic E-state index is 11.3. The number of carbonyl (C=O) groups is 1. The summed E-state index contributed by atoms with van der Waals surface area (Å²) in [6.07, 6.45) is 12.9. The van der Waals surface area contributed by atoms with Crippen LogP contribution < -0.4 is 4.57 Å². The molecule has 0 saturated carbocycles. The molecule has 1 fully saturated rings. The van der Waals surface area contributed by atoms with Crippen molar-refractivity contribution in [2.24, 2.45) is 5.92 Å². The van der Waals surface area contributed by atoms with Gasteiger partial charge in [0.05, 0.1) is 16.3 Å². The second-order valence-electron chi connectivity index (χ2n) is 7.74. The normalized spacial score (nSPS) is 22.7. The van der Waals surface area contributed by atoms with E-state index in [1.807, 2.05) is 23.1 Å². The Morgan fingerprint density at radius 2 is 2.07 bits per heavy atom. The van der Waals surface area contributed by atoms with Crippen LogP contribution in [-0.2, 0) is 17.8 Å². The van der Waals surface area contributed by atoms with Gasteiger partial charge in [-0.3, -0.25) is 4.79 Å². The van der Waals surface area contributed by atoms with Gasteiger partial charge in [0, 0.05) is 25.5 Å². The van der Waals surface area contributed by atoms with E-state index in [1.165, 1.54) is 20.3 Å². The molecule has 1 aromatic heterocycles. The summed E-state index contributed by atoms with van der Waals surface area (Å²) in [5.74, 6) is -0.513. The lowest BCUT2D eigenvalue weighted by atomic mass is 9.99. The quantitative estimate of drug-likeness (QED) is 0.585. The number of para-hydroxylation sites is 1. The predicted molar refractivity (Wildman–Crippen MR) is 126 cm³/mol. The van der Waals surface area contributed by atoms with E-state index in [0.717, 1.165) is 19.5 Å². The van der Waals surface area contributed by atoms with Crippen LogP contribution in [0.15, 0.2) is 59.7 Å². The van der Waals surface area contributed by atoms with Gasteiger partial charge in [0.15, 0.2) is 0 Å². The minimum Gasteiger partial charge on any atom is -0.481 e. The first-order valence-electron chi connectivity index (χ1n) is 10.7. The van der Waals surface area contributed by atoms with Gasteiger partial charge in [0.25, 0.3) is 0 Å². The molecule has 0 spiro atoms. The standard InChI is InChI=1S/C24H28N2O2S2/c1-3-25-18-9-5-7-11-20(18)29-22(25)15-17(13-14-24(27)28)16-23-26(4-2)19-10-6-8-12-21(19)30-23/h5-12,15,17-18,20H,3-4,13-14,16H2,1-2H3/p+1/b22-15-. The Morgan fingerprint density at radius 1 is 1.27 bits per heavy atom. The second kappa shape index (κ2) is 9.40. The zero-order chi connectivity index (χ0) is 21.1. The highest BCUT2D eigenvalue weighted by Crippen LogP contribution is 2.42. The van der Waals surface area contributed by atoms with E-state index in [0.29, 0.717) is 17.7 Å². The maximum absolute atomic E-state index is 11.3. The Labute approximate surface area is 186 Å². The molecular weight excluding hydrogens is 412 g/mol. The Kier molecular flexibility index (Phi) is 6.64. The molecule has 4 nitrogen and oxygen atoms in total. The monoisotopic (exact) mass is 441 g/mol. The van der Waals surface area contributed by atoms with Gasteiger partial charge in [-0.05, 0) is 32.3 Å². The van der Waals surface area contributed by atoms with E-state index in [2.05, 4.69) is 78.0 Å². The van der Waals surface area contributed by atoms with Crippen LogP contribution in [0.1, 0.15) is 31.7 Å². The van der Waals surface area contributed by atoms with E-state index < -0.39 is 5.97 Å². The first-order valence-corrected chi connectivity index (χ1v) is 12.4. The smallest absolute Gasteiger partial charge is 0.303 e. The number of aryl methyl sites for hydroxylation is 1. The molecule has 2 aromatic rings. The van der Waals surface area contributed by atoms with Gasteiger partial charge in [0.1, 0.15) is 11.2 Å². The van der Waals surface area contributed by atoms with E-state index in [1.54, 1.807) is 0 Å². The molecule has 0 bridgehead atoms. The third-order valence-electron chi connectivity index (χ3n) is 5.84. The Hall–Kier alpha value is -2.05. The molecule has 158 valence electrons. The summed E-state index contributed by atoms with van der Waals surface area (Å²) < 4.78 is 3.68. The van der Waals surface area contributed by atoms with Crippen molar-refractivity contribution in [2.75, 3.05) is 6.54 Å². The Balaban J connectivity index is 1.64. The highest BCUT2D eigenvalue weighted by Gasteiger charge is 2.35. The van der Waals surface area contributed by atoms with Crippen LogP contribution in [0.2, 0.25) is 0 Å². The SMILES string of the molecule is CCN1/C(=C/C(CCC(=O)O)Cc2sc3ccccc3[n+]2CC)SC2C=CC=CC21. The number of rotatable bonds is 8. The summed E-state index contributed by atoms with van der Waals surface area (Å²) in [6, 6.07) is 8.94. The minimum absolute atomic E-state index is 0.203. The van der Waals surface area contributed by atoms with E-state index in [4.69, 9.17) is 0 Å². The number of aliphatic carboxylic acids is 1. The zero-order valence-corrected chi connectivity index (χ0v) is 19.2. The van der Waals surface area contributed by atoms with Crippen LogP contribution in [0.4, 0.5) is 0 Å². The summed E-state index contributed by atoms with van der Waals surface area (Å²) in [7, 11) is 0. The average molecular weight is 442 g/mol. The zero-order valence-electron chi connectivity index (χ0n) is 17.5. The molecule has 0 radical (unpaired) electrons. The largest absolute Gasteiger partial charge is 0.481 e. The third kappa shape index (κ3) is 4.35. The minimum atomic E-state index is -0.718. The highest BCUT2D eigenvalue weighted by atomic mass is 32.2. The molecule has 1 aromatic carbocycles. The van der Waals surface area contributed by atoms with Crippen LogP contribution in [-0.4, -0.2) is 33.8 Å². The molecule has 3 atom stereocenters. The molecule has 1 N–H and O–H groups in total. The molecule has 3 unspecified atom stereocenters. The Morgan fingerprint density at radius 3 is 2.83 bits per heavy atom. The van der Waals surface area contributed by atoms with Crippen LogP contribution in [0.3, 0.4) is 0 Å².